The summed E-state index contributed by atoms with van der Waals surface area (Å²) in [4.78, 5) is 25.3. The number of fused-ring (bicyclic) bond motifs is 2. The van der Waals surface area contributed by atoms with E-state index in [1.54, 1.807) is 0 Å². The lowest BCUT2D eigenvalue weighted by atomic mass is 9.70. The fraction of sp³-hybridized carbons (Fsp3) is 0.913. The first kappa shape index (κ1) is 22.5. The normalized spacial score (nSPS) is 35.6. The highest BCUT2D eigenvalue weighted by molar-refractivity contribution is 5.88. The number of aliphatic hydroxyl groups is 2. The Hall–Kier alpha value is -1.14. The molecule has 0 aliphatic heterocycles. The lowest BCUT2D eigenvalue weighted by Crippen LogP contribution is -2.52. The number of carbonyl (C=O) groups excluding carboxylic acids is 2. The Kier molecular flexibility index (Phi) is 6.94. The summed E-state index contributed by atoms with van der Waals surface area (Å²) in [6, 6.07) is -0.797. The van der Waals surface area contributed by atoms with Crippen molar-refractivity contribution in [3.05, 3.63) is 0 Å². The van der Waals surface area contributed by atoms with Crippen molar-refractivity contribution in [2.75, 3.05) is 6.61 Å². The van der Waals surface area contributed by atoms with Gasteiger partial charge in [-0.25, -0.2) is 0 Å². The molecule has 6 heteroatoms. The zero-order valence-corrected chi connectivity index (χ0v) is 18.4. The molecule has 0 aromatic carbocycles. The summed E-state index contributed by atoms with van der Waals surface area (Å²) in [5.74, 6) is -0.332. The molecule has 0 aromatic heterocycles. The average molecular weight is 409 g/mol. The minimum Gasteiger partial charge on any atom is -0.394 e. The predicted molar refractivity (Wildman–Crippen MR) is 112 cm³/mol. The molecule has 5 atom stereocenters. The van der Waals surface area contributed by atoms with Gasteiger partial charge in [-0.05, 0) is 48.3 Å². The first-order chi connectivity index (χ1) is 13.7. The molecule has 4 N–H and O–H groups in total. The van der Waals surface area contributed by atoms with E-state index in [9.17, 15) is 19.8 Å². The number of hydrogen-bond acceptors (Lipinski definition) is 4. The predicted octanol–water partition coefficient (Wildman–Crippen LogP) is 2.52. The summed E-state index contributed by atoms with van der Waals surface area (Å²) < 4.78 is 0. The van der Waals surface area contributed by atoms with Gasteiger partial charge in [0, 0.05) is 12.5 Å². The van der Waals surface area contributed by atoms with Gasteiger partial charge in [0.2, 0.25) is 11.8 Å². The molecule has 3 aliphatic rings. The van der Waals surface area contributed by atoms with Gasteiger partial charge >= 0.3 is 0 Å². The second-order valence-electron chi connectivity index (χ2n) is 10.5. The Morgan fingerprint density at radius 3 is 2.21 bits per heavy atom. The zero-order chi connectivity index (χ0) is 21.2. The standard InChI is InChI=1S/C23H40N2O4/c1-22(2)17-11-12-23(22,3)20(28)16(17)13-19(27)25-18(14-26)21(29)24-15-9-7-5-4-6-8-10-15/h15-18,20,26,28H,4-14H2,1-3H3,(H,24,29)(H,25,27). The van der Waals surface area contributed by atoms with Crippen LogP contribution in [0.2, 0.25) is 0 Å². The van der Waals surface area contributed by atoms with Gasteiger partial charge in [-0.3, -0.25) is 9.59 Å². The monoisotopic (exact) mass is 408 g/mol. The Morgan fingerprint density at radius 2 is 1.66 bits per heavy atom. The number of aliphatic hydroxyl groups excluding tert-OH is 2. The van der Waals surface area contributed by atoms with Crippen LogP contribution in [-0.4, -0.2) is 46.8 Å². The first-order valence-electron chi connectivity index (χ1n) is 11.6. The molecule has 0 saturated heterocycles. The lowest BCUT2D eigenvalue weighted by Gasteiger charge is -2.37. The fourth-order valence-corrected chi connectivity index (χ4v) is 6.35. The van der Waals surface area contributed by atoms with Gasteiger partial charge in [0.05, 0.1) is 12.7 Å². The van der Waals surface area contributed by atoms with Crippen LogP contribution in [0.25, 0.3) is 0 Å². The number of amides is 2. The van der Waals surface area contributed by atoms with Crippen LogP contribution < -0.4 is 10.6 Å². The van der Waals surface area contributed by atoms with Crippen molar-refractivity contribution in [1.82, 2.24) is 10.6 Å². The highest BCUT2D eigenvalue weighted by Crippen LogP contribution is 2.68. The number of rotatable bonds is 6. The van der Waals surface area contributed by atoms with Crippen molar-refractivity contribution in [2.45, 2.75) is 103 Å². The van der Waals surface area contributed by atoms with Gasteiger partial charge in [-0.1, -0.05) is 52.9 Å². The van der Waals surface area contributed by atoms with E-state index in [1.807, 2.05) is 0 Å². The second-order valence-corrected chi connectivity index (χ2v) is 10.5. The van der Waals surface area contributed by atoms with E-state index < -0.39 is 18.8 Å². The van der Waals surface area contributed by atoms with Crippen LogP contribution in [0.4, 0.5) is 0 Å². The maximum absolute atomic E-state index is 12.7. The first-order valence-corrected chi connectivity index (χ1v) is 11.6. The van der Waals surface area contributed by atoms with Gasteiger partial charge in [0.25, 0.3) is 0 Å². The summed E-state index contributed by atoms with van der Waals surface area (Å²) in [5, 5.41) is 26.3. The molecule has 3 fully saturated rings. The van der Waals surface area contributed by atoms with Crippen molar-refractivity contribution in [2.24, 2.45) is 22.7 Å². The Balaban J connectivity index is 1.54. The summed E-state index contributed by atoms with van der Waals surface area (Å²) in [6.07, 6.45) is 9.53. The molecule has 5 unspecified atom stereocenters. The van der Waals surface area contributed by atoms with Gasteiger partial charge in [0.15, 0.2) is 0 Å². The number of hydrogen-bond donors (Lipinski definition) is 4. The summed E-state index contributed by atoms with van der Waals surface area (Å²) >= 11 is 0. The third-order valence-corrected chi connectivity index (χ3v) is 8.66. The Morgan fingerprint density at radius 1 is 1.03 bits per heavy atom. The van der Waals surface area contributed by atoms with E-state index in [2.05, 4.69) is 31.4 Å². The summed E-state index contributed by atoms with van der Waals surface area (Å²) in [6.45, 7) is 6.12. The molecule has 0 heterocycles. The molecule has 6 nitrogen and oxygen atoms in total. The van der Waals surface area contributed by atoms with E-state index in [0.29, 0.717) is 5.92 Å². The molecule has 3 rings (SSSR count). The molecular weight excluding hydrogens is 368 g/mol. The van der Waals surface area contributed by atoms with Crippen LogP contribution in [0.1, 0.15) is 85.0 Å². The van der Waals surface area contributed by atoms with Gasteiger partial charge in [-0.2, -0.15) is 0 Å². The van der Waals surface area contributed by atoms with E-state index in [4.69, 9.17) is 0 Å². The van der Waals surface area contributed by atoms with E-state index >= 15 is 0 Å². The largest absolute Gasteiger partial charge is 0.394 e. The van der Waals surface area contributed by atoms with Crippen LogP contribution in [-0.2, 0) is 9.59 Å². The molecule has 0 aromatic rings. The molecule has 0 radical (unpaired) electrons. The van der Waals surface area contributed by atoms with E-state index in [-0.39, 0.29) is 41.0 Å². The van der Waals surface area contributed by atoms with Crippen LogP contribution in [0.5, 0.6) is 0 Å². The van der Waals surface area contributed by atoms with Crippen molar-refractivity contribution < 1.29 is 19.8 Å². The second kappa shape index (κ2) is 8.93. The van der Waals surface area contributed by atoms with Gasteiger partial charge in [-0.15, -0.1) is 0 Å². The average Bonchev–Trinajstić information content (AvgIpc) is 2.95. The molecular formula is C23H40N2O4. The smallest absolute Gasteiger partial charge is 0.245 e. The van der Waals surface area contributed by atoms with Crippen molar-refractivity contribution in [1.29, 1.82) is 0 Å². The molecule has 2 bridgehead atoms. The Bertz CT molecular complexity index is 600. The third kappa shape index (κ3) is 4.34. The molecule has 166 valence electrons. The molecule has 3 aliphatic carbocycles. The van der Waals surface area contributed by atoms with Crippen molar-refractivity contribution in [3.8, 4) is 0 Å². The van der Waals surface area contributed by atoms with E-state index in [0.717, 1.165) is 38.5 Å². The third-order valence-electron chi connectivity index (χ3n) is 8.66. The zero-order valence-electron chi connectivity index (χ0n) is 18.4. The minimum absolute atomic E-state index is 0.00330. The lowest BCUT2D eigenvalue weighted by molar-refractivity contribution is -0.131. The van der Waals surface area contributed by atoms with Crippen LogP contribution in [0, 0.1) is 22.7 Å². The molecule has 3 saturated carbocycles. The maximum atomic E-state index is 12.7. The number of nitrogens with one attached hydrogen (secondary N) is 2. The molecule has 0 spiro atoms. The number of carbonyl (C=O) groups is 2. The van der Waals surface area contributed by atoms with Crippen molar-refractivity contribution in [3.63, 3.8) is 0 Å². The summed E-state index contributed by atoms with van der Waals surface area (Å²) in [7, 11) is 0. The van der Waals surface area contributed by atoms with Gasteiger partial charge < -0.3 is 20.8 Å². The van der Waals surface area contributed by atoms with Crippen molar-refractivity contribution >= 4 is 11.8 Å². The fourth-order valence-electron chi connectivity index (χ4n) is 6.35. The van der Waals surface area contributed by atoms with Crippen LogP contribution in [0.3, 0.4) is 0 Å². The van der Waals surface area contributed by atoms with Crippen LogP contribution in [0.15, 0.2) is 0 Å². The molecule has 29 heavy (non-hydrogen) atoms. The SMILES string of the molecule is CC1(C)C2CCC1(C)C(O)C2CC(=O)NC(CO)C(=O)NC1CCCCCCC1. The highest BCUT2D eigenvalue weighted by Gasteiger charge is 2.65. The highest BCUT2D eigenvalue weighted by atomic mass is 16.3. The van der Waals surface area contributed by atoms with Gasteiger partial charge in [0.1, 0.15) is 6.04 Å². The molecule has 2 amide bonds. The van der Waals surface area contributed by atoms with Crippen LogP contribution >= 0.6 is 0 Å². The quantitative estimate of drug-likeness (QED) is 0.543. The Labute approximate surface area is 175 Å². The maximum Gasteiger partial charge on any atom is 0.245 e. The van der Waals surface area contributed by atoms with E-state index in [1.165, 1.54) is 19.3 Å². The topological polar surface area (TPSA) is 98.7 Å². The minimum atomic E-state index is -0.924. The summed E-state index contributed by atoms with van der Waals surface area (Å²) in [5.41, 5.74) is -0.155.